The van der Waals surface area contributed by atoms with Gasteiger partial charge in [-0.25, -0.2) is 0 Å². The summed E-state index contributed by atoms with van der Waals surface area (Å²) in [6.45, 7) is 14.7. The molecule has 0 heterocycles. The van der Waals surface area contributed by atoms with Crippen LogP contribution in [0.5, 0.6) is 0 Å². The molecule has 0 aliphatic heterocycles. The van der Waals surface area contributed by atoms with Crippen molar-refractivity contribution in [1.29, 1.82) is 0 Å². The molecular formula is C28H44O3. The second-order valence-electron chi connectivity index (χ2n) is 11.4. The summed E-state index contributed by atoms with van der Waals surface area (Å²) < 4.78 is 0. The van der Waals surface area contributed by atoms with E-state index < -0.39 is 17.8 Å². The molecule has 0 saturated heterocycles. The molecule has 0 aromatic carbocycles. The molecule has 31 heavy (non-hydrogen) atoms. The normalized spacial score (nSPS) is 39.3. The van der Waals surface area contributed by atoms with Crippen molar-refractivity contribution in [2.45, 2.75) is 97.4 Å². The maximum absolute atomic E-state index is 10.3. The van der Waals surface area contributed by atoms with Gasteiger partial charge in [-0.15, -0.1) is 0 Å². The zero-order valence-electron chi connectivity index (χ0n) is 20.3. The highest BCUT2D eigenvalue weighted by Crippen LogP contribution is 2.59. The standard InChI is InChI=1S/C28H44O3/c1-18(9-10-19(2)27(4,5)31)24-13-14-25-21(8-7-15-28(24,25)6)11-12-22-16-23(29)17-26(30)20(22)3/h9-12,18-19,23-26,29-31H,3,7-8,13-17H2,1-2,4-6H3/t18?,19?,23?,24?,25?,26?,28-/m1/s1. The molecule has 0 aromatic heterocycles. The molecule has 3 fully saturated rings. The largest absolute Gasteiger partial charge is 0.393 e. The van der Waals surface area contributed by atoms with Gasteiger partial charge in [0.15, 0.2) is 0 Å². The Kier molecular flexibility index (Phi) is 7.40. The molecule has 174 valence electrons. The first-order valence-corrected chi connectivity index (χ1v) is 12.3. The summed E-state index contributed by atoms with van der Waals surface area (Å²) in [7, 11) is 0. The number of allylic oxidation sites excluding steroid dienone is 4. The molecule has 3 rings (SSSR count). The minimum atomic E-state index is -0.684. The average Bonchev–Trinajstić information content (AvgIpc) is 3.04. The van der Waals surface area contributed by atoms with Crippen molar-refractivity contribution >= 4 is 0 Å². The molecule has 3 aliphatic carbocycles. The monoisotopic (exact) mass is 428 g/mol. The summed E-state index contributed by atoms with van der Waals surface area (Å²) in [6.07, 6.45) is 15.0. The van der Waals surface area contributed by atoms with Crippen LogP contribution in [-0.2, 0) is 0 Å². The molecule has 0 amide bonds. The maximum atomic E-state index is 10.3. The fourth-order valence-corrected chi connectivity index (χ4v) is 6.32. The molecular weight excluding hydrogens is 384 g/mol. The van der Waals surface area contributed by atoms with E-state index in [2.05, 4.69) is 51.7 Å². The Bertz CT molecular complexity index is 753. The average molecular weight is 429 g/mol. The molecule has 0 aromatic rings. The van der Waals surface area contributed by atoms with Crippen molar-refractivity contribution in [3.63, 3.8) is 0 Å². The minimum absolute atomic E-state index is 0.141. The minimum Gasteiger partial charge on any atom is -0.393 e. The fraction of sp³-hybridized carbons (Fsp3) is 0.714. The van der Waals surface area contributed by atoms with Crippen LogP contribution in [0, 0.1) is 29.1 Å². The summed E-state index contributed by atoms with van der Waals surface area (Å²) in [5, 5.41) is 30.4. The van der Waals surface area contributed by atoms with Crippen LogP contribution in [0.15, 0.2) is 47.6 Å². The van der Waals surface area contributed by atoms with Gasteiger partial charge in [-0.3, -0.25) is 0 Å². The molecule has 6 unspecified atom stereocenters. The SMILES string of the molecule is C=C1C(=CC=C2CCC[C@@]3(C)C2CCC3C(C)C=CC(C)C(C)(C)O)CC(O)CC1O. The van der Waals surface area contributed by atoms with E-state index >= 15 is 0 Å². The third kappa shape index (κ3) is 5.26. The lowest BCUT2D eigenvalue weighted by Crippen LogP contribution is -2.35. The van der Waals surface area contributed by atoms with Gasteiger partial charge in [0, 0.05) is 12.3 Å². The van der Waals surface area contributed by atoms with Crippen molar-refractivity contribution in [1.82, 2.24) is 0 Å². The summed E-state index contributed by atoms with van der Waals surface area (Å²) in [4.78, 5) is 0. The van der Waals surface area contributed by atoms with Crippen LogP contribution in [0.1, 0.15) is 79.6 Å². The van der Waals surface area contributed by atoms with Crippen LogP contribution in [0.4, 0.5) is 0 Å². The molecule has 3 saturated carbocycles. The summed E-state index contributed by atoms with van der Waals surface area (Å²) in [6, 6.07) is 0. The van der Waals surface area contributed by atoms with E-state index in [1.165, 1.54) is 31.3 Å². The van der Waals surface area contributed by atoms with Crippen LogP contribution >= 0.6 is 0 Å². The van der Waals surface area contributed by atoms with E-state index in [9.17, 15) is 15.3 Å². The number of hydrogen-bond donors (Lipinski definition) is 3. The van der Waals surface area contributed by atoms with E-state index in [0.717, 1.165) is 17.6 Å². The summed E-state index contributed by atoms with van der Waals surface area (Å²) in [5.74, 6) is 1.91. The van der Waals surface area contributed by atoms with E-state index in [4.69, 9.17) is 0 Å². The topological polar surface area (TPSA) is 60.7 Å². The number of aliphatic hydroxyl groups is 3. The fourth-order valence-electron chi connectivity index (χ4n) is 6.32. The Balaban J connectivity index is 1.76. The van der Waals surface area contributed by atoms with Crippen LogP contribution in [0.25, 0.3) is 0 Å². The lowest BCUT2D eigenvalue weighted by atomic mass is 9.61. The number of hydrogen-bond acceptors (Lipinski definition) is 3. The van der Waals surface area contributed by atoms with Crippen LogP contribution in [0.2, 0.25) is 0 Å². The van der Waals surface area contributed by atoms with Gasteiger partial charge < -0.3 is 15.3 Å². The smallest absolute Gasteiger partial charge is 0.0811 e. The Morgan fingerprint density at radius 3 is 2.52 bits per heavy atom. The van der Waals surface area contributed by atoms with Gasteiger partial charge in [0.1, 0.15) is 0 Å². The number of aliphatic hydroxyl groups excluding tert-OH is 2. The Morgan fingerprint density at radius 2 is 1.84 bits per heavy atom. The predicted molar refractivity (Wildman–Crippen MR) is 128 cm³/mol. The zero-order chi connectivity index (χ0) is 23.0. The van der Waals surface area contributed by atoms with Gasteiger partial charge >= 0.3 is 0 Å². The highest BCUT2D eigenvalue weighted by molar-refractivity contribution is 5.38. The molecule has 7 atom stereocenters. The lowest BCUT2D eigenvalue weighted by Gasteiger charge is -2.44. The molecule has 0 radical (unpaired) electrons. The lowest BCUT2D eigenvalue weighted by molar-refractivity contribution is 0.0436. The van der Waals surface area contributed by atoms with Gasteiger partial charge in [0.25, 0.3) is 0 Å². The quantitative estimate of drug-likeness (QED) is 0.490. The van der Waals surface area contributed by atoms with Crippen LogP contribution < -0.4 is 0 Å². The van der Waals surface area contributed by atoms with E-state index in [1.54, 1.807) is 0 Å². The van der Waals surface area contributed by atoms with Gasteiger partial charge in [0.05, 0.1) is 17.8 Å². The molecule has 3 N–H and O–H groups in total. The second-order valence-corrected chi connectivity index (χ2v) is 11.4. The van der Waals surface area contributed by atoms with E-state index in [1.807, 2.05) is 13.8 Å². The second kappa shape index (κ2) is 9.37. The molecule has 3 aliphatic rings. The summed E-state index contributed by atoms with van der Waals surface area (Å²) >= 11 is 0. The van der Waals surface area contributed by atoms with Crippen molar-refractivity contribution in [3.05, 3.63) is 47.6 Å². The van der Waals surface area contributed by atoms with Gasteiger partial charge in [-0.1, -0.05) is 57.2 Å². The Labute approximate surface area is 189 Å². The third-order valence-corrected chi connectivity index (χ3v) is 8.75. The van der Waals surface area contributed by atoms with E-state index in [-0.39, 0.29) is 5.92 Å². The highest BCUT2D eigenvalue weighted by atomic mass is 16.3. The van der Waals surface area contributed by atoms with Crippen molar-refractivity contribution in [2.75, 3.05) is 0 Å². The van der Waals surface area contributed by atoms with Crippen molar-refractivity contribution < 1.29 is 15.3 Å². The van der Waals surface area contributed by atoms with Gasteiger partial charge in [-0.05, 0) is 86.7 Å². The maximum Gasteiger partial charge on any atom is 0.0811 e. The van der Waals surface area contributed by atoms with Gasteiger partial charge in [-0.2, -0.15) is 0 Å². The van der Waals surface area contributed by atoms with Crippen LogP contribution in [-0.4, -0.2) is 33.1 Å². The Hall–Kier alpha value is -1.16. The third-order valence-electron chi connectivity index (χ3n) is 8.75. The Morgan fingerprint density at radius 1 is 1.13 bits per heavy atom. The molecule has 0 bridgehead atoms. The summed E-state index contributed by atoms with van der Waals surface area (Å²) in [5.41, 5.74) is 2.93. The first kappa shape index (κ1) is 24.5. The number of rotatable bonds is 5. The zero-order valence-corrected chi connectivity index (χ0v) is 20.3. The van der Waals surface area contributed by atoms with Gasteiger partial charge in [0.2, 0.25) is 0 Å². The van der Waals surface area contributed by atoms with Crippen molar-refractivity contribution in [3.8, 4) is 0 Å². The van der Waals surface area contributed by atoms with Crippen molar-refractivity contribution in [2.24, 2.45) is 29.1 Å². The highest BCUT2D eigenvalue weighted by Gasteiger charge is 2.50. The van der Waals surface area contributed by atoms with Crippen LogP contribution in [0.3, 0.4) is 0 Å². The van der Waals surface area contributed by atoms with E-state index in [0.29, 0.717) is 36.0 Å². The molecule has 0 spiro atoms. The first-order chi connectivity index (χ1) is 14.4. The first-order valence-electron chi connectivity index (χ1n) is 12.3. The predicted octanol–water partition coefficient (Wildman–Crippen LogP) is 5.73. The molecule has 3 nitrogen and oxygen atoms in total. The molecule has 3 heteroatoms. The number of fused-ring (bicyclic) bond motifs is 1.